The molecule has 1 saturated carbocycles. The van der Waals surface area contributed by atoms with E-state index in [1.54, 1.807) is 7.11 Å². The largest absolute Gasteiger partial charge is 0.493 e. The Bertz CT molecular complexity index is 720. The van der Waals surface area contributed by atoms with E-state index in [1.165, 1.54) is 36.8 Å². The van der Waals surface area contributed by atoms with Gasteiger partial charge in [-0.05, 0) is 69.1 Å². The van der Waals surface area contributed by atoms with Gasteiger partial charge in [0.05, 0.1) is 13.2 Å². The van der Waals surface area contributed by atoms with Gasteiger partial charge in [0.2, 0.25) is 0 Å². The molecule has 1 aromatic rings. The van der Waals surface area contributed by atoms with Crippen LogP contribution in [-0.2, 0) is 16.6 Å². The maximum Gasteiger partial charge on any atom is 0.166 e. The van der Waals surface area contributed by atoms with Crippen LogP contribution in [0.2, 0.25) is 0 Å². The van der Waals surface area contributed by atoms with E-state index in [4.69, 9.17) is 14.2 Å². The van der Waals surface area contributed by atoms with Gasteiger partial charge >= 0.3 is 0 Å². The van der Waals surface area contributed by atoms with Crippen LogP contribution in [0.5, 0.6) is 11.5 Å². The van der Waals surface area contributed by atoms with Crippen molar-refractivity contribution >= 4 is 0 Å². The Morgan fingerprint density at radius 2 is 2.17 bits per heavy atom. The number of ether oxygens (including phenoxy) is 3. The summed E-state index contributed by atoms with van der Waals surface area (Å²) in [5.41, 5.74) is 3.05. The summed E-state index contributed by atoms with van der Waals surface area (Å²) in [5, 5.41) is 0. The quantitative estimate of drug-likeness (QED) is 0.825. The Kier molecular flexibility index (Phi) is 3.02. The molecule has 5 rings (SSSR count). The molecule has 1 spiro atoms. The minimum Gasteiger partial charge on any atom is -0.493 e. The second-order valence-corrected chi connectivity index (χ2v) is 8.14. The molecule has 3 heteroatoms. The minimum absolute atomic E-state index is 0.0341. The first-order chi connectivity index (χ1) is 11.6. The zero-order valence-electron chi connectivity index (χ0n) is 14.8. The highest BCUT2D eigenvalue weighted by Gasteiger charge is 2.63. The van der Waals surface area contributed by atoms with Crippen LogP contribution in [-0.4, -0.2) is 19.3 Å². The molecule has 4 atom stereocenters. The van der Waals surface area contributed by atoms with Gasteiger partial charge in [0.25, 0.3) is 0 Å². The predicted molar refractivity (Wildman–Crippen MR) is 92.5 cm³/mol. The lowest BCUT2D eigenvalue weighted by atomic mass is 9.49. The van der Waals surface area contributed by atoms with E-state index in [1.807, 2.05) is 0 Å². The highest BCUT2D eigenvalue weighted by molar-refractivity contribution is 5.61. The zero-order valence-corrected chi connectivity index (χ0v) is 14.8. The Morgan fingerprint density at radius 1 is 1.29 bits per heavy atom. The molecule has 1 fully saturated rings. The fourth-order valence-electron chi connectivity index (χ4n) is 5.99. The Labute approximate surface area is 144 Å². The standard InChI is InChI=1S/C21H26O3/c1-12(2)23-17-9-7-15-13-5-4-10-21(15)18-14(11-13)6-8-16(22-3)19(18)24-20(17)21/h6,8-9,12-13,15,20H,4-5,7,10-11H2,1-3H3/t13-,15+,20+,21+/m1/s1. The van der Waals surface area contributed by atoms with E-state index in [-0.39, 0.29) is 17.6 Å². The molecule has 1 aromatic carbocycles. The summed E-state index contributed by atoms with van der Waals surface area (Å²) >= 11 is 0. The van der Waals surface area contributed by atoms with Gasteiger partial charge in [-0.25, -0.2) is 0 Å². The molecular weight excluding hydrogens is 300 g/mol. The first kappa shape index (κ1) is 14.7. The summed E-state index contributed by atoms with van der Waals surface area (Å²) < 4.78 is 18.4. The Hall–Kier alpha value is -1.64. The second kappa shape index (κ2) is 4.93. The van der Waals surface area contributed by atoms with Crippen molar-refractivity contribution in [2.75, 3.05) is 7.11 Å². The van der Waals surface area contributed by atoms with Crippen molar-refractivity contribution in [1.29, 1.82) is 0 Å². The molecule has 0 N–H and O–H groups in total. The van der Waals surface area contributed by atoms with Crippen LogP contribution in [0.25, 0.3) is 0 Å². The van der Waals surface area contributed by atoms with Gasteiger partial charge in [-0.1, -0.05) is 12.5 Å². The third-order valence-corrected chi connectivity index (χ3v) is 6.68. The molecule has 3 aliphatic carbocycles. The van der Waals surface area contributed by atoms with Gasteiger partial charge in [-0.15, -0.1) is 0 Å². The van der Waals surface area contributed by atoms with Crippen molar-refractivity contribution in [3.63, 3.8) is 0 Å². The van der Waals surface area contributed by atoms with Crippen molar-refractivity contribution in [3.05, 3.63) is 35.1 Å². The van der Waals surface area contributed by atoms with Crippen LogP contribution in [0.1, 0.15) is 50.7 Å². The average Bonchev–Trinajstić information content (AvgIpc) is 2.89. The fourth-order valence-corrected chi connectivity index (χ4v) is 5.99. The smallest absolute Gasteiger partial charge is 0.166 e. The van der Waals surface area contributed by atoms with Gasteiger partial charge < -0.3 is 14.2 Å². The lowest BCUT2D eigenvalue weighted by Crippen LogP contribution is -2.55. The van der Waals surface area contributed by atoms with E-state index < -0.39 is 0 Å². The summed E-state index contributed by atoms with van der Waals surface area (Å²) in [5.74, 6) is 4.40. The topological polar surface area (TPSA) is 27.7 Å². The molecular formula is C21H26O3. The third-order valence-electron chi connectivity index (χ3n) is 6.68. The molecule has 0 aromatic heterocycles. The molecule has 128 valence electrons. The number of methoxy groups -OCH3 is 1. The molecule has 1 heterocycles. The van der Waals surface area contributed by atoms with Crippen molar-refractivity contribution in [3.8, 4) is 11.5 Å². The van der Waals surface area contributed by atoms with E-state index in [2.05, 4.69) is 32.1 Å². The monoisotopic (exact) mass is 326 g/mol. The van der Waals surface area contributed by atoms with Gasteiger partial charge in [0, 0.05) is 11.0 Å². The minimum atomic E-state index is 0.0341. The zero-order chi connectivity index (χ0) is 16.5. The lowest BCUT2D eigenvalue weighted by molar-refractivity contribution is -0.0145. The molecule has 0 amide bonds. The molecule has 4 aliphatic rings. The third kappa shape index (κ3) is 1.68. The molecule has 3 nitrogen and oxygen atoms in total. The predicted octanol–water partition coefficient (Wildman–Crippen LogP) is 4.38. The maximum absolute atomic E-state index is 6.60. The summed E-state index contributed by atoms with van der Waals surface area (Å²) in [4.78, 5) is 0. The van der Waals surface area contributed by atoms with Crippen molar-refractivity contribution in [1.82, 2.24) is 0 Å². The van der Waals surface area contributed by atoms with Gasteiger partial charge in [-0.2, -0.15) is 0 Å². The maximum atomic E-state index is 6.60. The van der Waals surface area contributed by atoms with Crippen LogP contribution < -0.4 is 9.47 Å². The highest BCUT2D eigenvalue weighted by atomic mass is 16.6. The first-order valence-corrected chi connectivity index (χ1v) is 9.39. The molecule has 1 aliphatic heterocycles. The lowest BCUT2D eigenvalue weighted by Gasteiger charge is -2.54. The number of benzene rings is 1. The van der Waals surface area contributed by atoms with E-state index in [9.17, 15) is 0 Å². The number of hydrogen-bond donors (Lipinski definition) is 0. The molecule has 0 unspecified atom stereocenters. The van der Waals surface area contributed by atoms with Crippen molar-refractivity contribution in [2.45, 2.75) is 63.6 Å². The summed E-state index contributed by atoms with van der Waals surface area (Å²) in [7, 11) is 1.74. The van der Waals surface area contributed by atoms with Gasteiger partial charge in [0.15, 0.2) is 17.6 Å². The van der Waals surface area contributed by atoms with Crippen LogP contribution in [0, 0.1) is 11.8 Å². The molecule has 0 radical (unpaired) electrons. The summed E-state index contributed by atoms with van der Waals surface area (Å²) in [6.07, 6.45) is 8.72. The van der Waals surface area contributed by atoms with Crippen LogP contribution >= 0.6 is 0 Å². The summed E-state index contributed by atoms with van der Waals surface area (Å²) in [6, 6.07) is 4.37. The highest BCUT2D eigenvalue weighted by Crippen LogP contribution is 2.65. The van der Waals surface area contributed by atoms with Crippen molar-refractivity contribution < 1.29 is 14.2 Å². The average molecular weight is 326 g/mol. The SMILES string of the molecule is COc1ccc2c3c1O[C@H]1C(OC(C)C)=CC[C@H]4[C@H](CCC[C@]314)C2. The van der Waals surface area contributed by atoms with Crippen molar-refractivity contribution in [2.24, 2.45) is 11.8 Å². The van der Waals surface area contributed by atoms with Gasteiger partial charge in [0.1, 0.15) is 5.76 Å². The van der Waals surface area contributed by atoms with Gasteiger partial charge in [-0.3, -0.25) is 0 Å². The molecule has 2 bridgehead atoms. The van der Waals surface area contributed by atoms with Crippen LogP contribution in [0.4, 0.5) is 0 Å². The van der Waals surface area contributed by atoms with E-state index in [0.717, 1.165) is 29.6 Å². The molecule has 24 heavy (non-hydrogen) atoms. The Morgan fingerprint density at radius 3 is 2.96 bits per heavy atom. The normalized spacial score (nSPS) is 35.2. The second-order valence-electron chi connectivity index (χ2n) is 8.14. The van der Waals surface area contributed by atoms with E-state index >= 15 is 0 Å². The number of hydrogen-bond acceptors (Lipinski definition) is 3. The summed E-state index contributed by atoms with van der Waals surface area (Å²) in [6.45, 7) is 4.20. The number of allylic oxidation sites excluding steroid dienone is 1. The van der Waals surface area contributed by atoms with E-state index in [0.29, 0.717) is 5.92 Å². The Balaban J connectivity index is 1.73. The van der Waals surface area contributed by atoms with Crippen LogP contribution in [0.3, 0.4) is 0 Å². The molecule has 0 saturated heterocycles. The number of rotatable bonds is 3. The first-order valence-electron chi connectivity index (χ1n) is 9.39. The fraction of sp³-hybridized carbons (Fsp3) is 0.619. The van der Waals surface area contributed by atoms with Crippen LogP contribution in [0.15, 0.2) is 24.0 Å².